The monoisotopic (exact) mass is 247 g/mol. The molecule has 2 aromatic rings. The first-order chi connectivity index (χ1) is 7.27. The van der Waals surface area contributed by atoms with Gasteiger partial charge in [-0.2, -0.15) is 8.42 Å². The lowest BCUT2D eigenvalue weighted by Gasteiger charge is -1.95. The third-order valence-electron chi connectivity index (χ3n) is 1.65. The highest BCUT2D eigenvalue weighted by molar-refractivity contribution is 7.79. The van der Waals surface area contributed by atoms with Gasteiger partial charge in [0.1, 0.15) is 0 Å². The number of hydrogen-bond donors (Lipinski definition) is 5. The number of benzene rings is 1. The van der Waals surface area contributed by atoms with E-state index in [1.54, 1.807) is 6.20 Å². The van der Waals surface area contributed by atoms with Gasteiger partial charge in [-0.3, -0.25) is 9.11 Å². The van der Waals surface area contributed by atoms with E-state index in [1.807, 2.05) is 6.07 Å². The zero-order valence-corrected chi connectivity index (χ0v) is 8.64. The van der Waals surface area contributed by atoms with Crippen LogP contribution in [0.5, 0.6) is 11.5 Å². The van der Waals surface area contributed by atoms with E-state index in [0.29, 0.717) is 0 Å². The second-order valence-electron chi connectivity index (χ2n) is 2.85. The van der Waals surface area contributed by atoms with Crippen LogP contribution in [-0.2, 0) is 10.4 Å². The molecule has 0 bridgehead atoms. The van der Waals surface area contributed by atoms with Gasteiger partial charge in [-0.25, -0.2) is 0 Å². The maximum Gasteiger partial charge on any atom is 0.394 e. The zero-order valence-electron chi connectivity index (χ0n) is 7.82. The Morgan fingerprint density at radius 2 is 1.56 bits per heavy atom. The van der Waals surface area contributed by atoms with Gasteiger partial charge in [-0.15, -0.1) is 0 Å². The molecule has 1 heterocycles. The summed E-state index contributed by atoms with van der Waals surface area (Å²) < 4.78 is 31.6. The van der Waals surface area contributed by atoms with Gasteiger partial charge < -0.3 is 15.2 Å². The van der Waals surface area contributed by atoms with Crippen LogP contribution in [0.2, 0.25) is 0 Å². The number of aromatic amines is 1. The van der Waals surface area contributed by atoms with Gasteiger partial charge in [0.15, 0.2) is 11.5 Å². The van der Waals surface area contributed by atoms with Crippen molar-refractivity contribution in [1.29, 1.82) is 0 Å². The van der Waals surface area contributed by atoms with Gasteiger partial charge in [-0.05, 0) is 12.1 Å². The smallest absolute Gasteiger partial charge is 0.394 e. The largest absolute Gasteiger partial charge is 0.504 e. The highest BCUT2D eigenvalue weighted by Gasteiger charge is 2.01. The molecule has 0 fully saturated rings. The Bertz CT molecular complexity index is 544. The number of aromatic nitrogens is 1. The number of phenols is 2. The summed E-state index contributed by atoms with van der Waals surface area (Å²) >= 11 is 0. The number of nitrogens with one attached hydrogen (secondary N) is 1. The SMILES string of the molecule is O=S(=O)(O)O.Oc1cc2cc[nH]c2cc1O. The molecule has 5 N–H and O–H groups in total. The van der Waals surface area contributed by atoms with Crippen LogP contribution in [0.1, 0.15) is 0 Å². The summed E-state index contributed by atoms with van der Waals surface area (Å²) in [6, 6.07) is 4.83. The van der Waals surface area contributed by atoms with E-state index >= 15 is 0 Å². The summed E-state index contributed by atoms with van der Waals surface area (Å²) in [6.45, 7) is 0. The number of rotatable bonds is 0. The molecule has 0 spiro atoms. The van der Waals surface area contributed by atoms with Crippen molar-refractivity contribution in [3.63, 3.8) is 0 Å². The van der Waals surface area contributed by atoms with Crippen LogP contribution in [0.25, 0.3) is 10.9 Å². The highest BCUT2D eigenvalue weighted by atomic mass is 32.3. The molecule has 88 valence electrons. The van der Waals surface area contributed by atoms with Crippen molar-refractivity contribution in [3.8, 4) is 11.5 Å². The Morgan fingerprint density at radius 3 is 2.12 bits per heavy atom. The fraction of sp³-hybridized carbons (Fsp3) is 0. The minimum Gasteiger partial charge on any atom is -0.504 e. The van der Waals surface area contributed by atoms with E-state index in [-0.39, 0.29) is 11.5 Å². The van der Waals surface area contributed by atoms with Gasteiger partial charge in [-0.1, -0.05) is 0 Å². The Morgan fingerprint density at radius 1 is 1.06 bits per heavy atom. The molecule has 0 aliphatic rings. The maximum atomic E-state index is 9.07. The van der Waals surface area contributed by atoms with E-state index < -0.39 is 10.4 Å². The van der Waals surface area contributed by atoms with Crippen LogP contribution in [0.3, 0.4) is 0 Å². The molecule has 0 aliphatic carbocycles. The molecule has 0 radical (unpaired) electrons. The number of H-pyrrole nitrogens is 1. The average Bonchev–Trinajstić information content (AvgIpc) is 2.49. The first-order valence-corrected chi connectivity index (χ1v) is 5.36. The normalized spacial score (nSPS) is 10.9. The van der Waals surface area contributed by atoms with Crippen LogP contribution >= 0.6 is 0 Å². The molecule has 1 aromatic heterocycles. The highest BCUT2D eigenvalue weighted by Crippen LogP contribution is 2.28. The van der Waals surface area contributed by atoms with Crippen molar-refractivity contribution >= 4 is 21.3 Å². The van der Waals surface area contributed by atoms with Crippen molar-refractivity contribution < 1.29 is 27.7 Å². The minimum atomic E-state index is -4.67. The average molecular weight is 247 g/mol. The van der Waals surface area contributed by atoms with Gasteiger partial charge >= 0.3 is 10.4 Å². The third kappa shape index (κ3) is 3.77. The molecule has 2 rings (SSSR count). The Kier molecular flexibility index (Phi) is 3.38. The molecule has 0 aliphatic heterocycles. The van der Waals surface area contributed by atoms with Crippen LogP contribution in [0.15, 0.2) is 24.4 Å². The second kappa shape index (κ2) is 4.39. The standard InChI is InChI=1S/C8H7NO2.H2O4S/c10-7-3-5-1-2-9-6(5)4-8(7)11;1-5(2,3)4/h1-4,9-11H;(H2,1,2,3,4). The molecular weight excluding hydrogens is 238 g/mol. The van der Waals surface area contributed by atoms with E-state index in [0.717, 1.165) is 10.9 Å². The van der Waals surface area contributed by atoms with E-state index in [9.17, 15) is 0 Å². The Hall–Kier alpha value is -1.77. The van der Waals surface area contributed by atoms with E-state index in [4.69, 9.17) is 27.7 Å². The van der Waals surface area contributed by atoms with Gasteiger partial charge in [0, 0.05) is 23.2 Å². The molecular formula is C8H9NO6S. The van der Waals surface area contributed by atoms with Gasteiger partial charge in [0.25, 0.3) is 0 Å². The molecule has 0 atom stereocenters. The molecule has 0 unspecified atom stereocenters. The summed E-state index contributed by atoms with van der Waals surface area (Å²) in [7, 11) is -4.67. The summed E-state index contributed by atoms with van der Waals surface area (Å²) in [5, 5.41) is 19.0. The first-order valence-electron chi connectivity index (χ1n) is 3.96. The molecule has 7 nitrogen and oxygen atoms in total. The lowest BCUT2D eigenvalue weighted by Crippen LogP contribution is -1.89. The molecule has 16 heavy (non-hydrogen) atoms. The molecule has 0 saturated heterocycles. The summed E-state index contributed by atoms with van der Waals surface area (Å²) in [4.78, 5) is 2.92. The Balaban J connectivity index is 0.000000221. The maximum absolute atomic E-state index is 9.07. The van der Waals surface area contributed by atoms with Crippen LogP contribution in [0, 0.1) is 0 Å². The van der Waals surface area contributed by atoms with Crippen molar-refractivity contribution in [2.45, 2.75) is 0 Å². The quantitative estimate of drug-likeness (QED) is 0.347. The zero-order chi connectivity index (χ0) is 12.3. The van der Waals surface area contributed by atoms with Gasteiger partial charge in [0.2, 0.25) is 0 Å². The summed E-state index contributed by atoms with van der Waals surface area (Å²) in [6.07, 6.45) is 1.75. The van der Waals surface area contributed by atoms with E-state index in [1.165, 1.54) is 12.1 Å². The molecule has 0 amide bonds. The molecule has 8 heteroatoms. The van der Waals surface area contributed by atoms with Crippen LogP contribution in [-0.4, -0.2) is 32.7 Å². The van der Waals surface area contributed by atoms with Crippen molar-refractivity contribution in [3.05, 3.63) is 24.4 Å². The minimum absolute atomic E-state index is 0.0860. The topological polar surface area (TPSA) is 131 Å². The van der Waals surface area contributed by atoms with Crippen molar-refractivity contribution in [2.24, 2.45) is 0 Å². The number of fused-ring (bicyclic) bond motifs is 1. The van der Waals surface area contributed by atoms with Crippen LogP contribution in [0.4, 0.5) is 0 Å². The number of hydrogen-bond acceptors (Lipinski definition) is 4. The predicted octanol–water partition coefficient (Wildman–Crippen LogP) is 0.926. The molecule has 1 aromatic carbocycles. The van der Waals surface area contributed by atoms with Crippen molar-refractivity contribution in [2.75, 3.05) is 0 Å². The summed E-state index contributed by atoms with van der Waals surface area (Å²) in [5.41, 5.74) is 0.820. The lowest BCUT2D eigenvalue weighted by molar-refractivity contribution is 0.381. The van der Waals surface area contributed by atoms with Crippen molar-refractivity contribution in [1.82, 2.24) is 4.98 Å². The van der Waals surface area contributed by atoms with E-state index in [2.05, 4.69) is 4.98 Å². The fourth-order valence-corrected chi connectivity index (χ4v) is 1.08. The second-order valence-corrected chi connectivity index (χ2v) is 3.75. The fourth-order valence-electron chi connectivity index (χ4n) is 1.08. The number of phenolic OH excluding ortho intramolecular Hbond substituents is 2. The third-order valence-corrected chi connectivity index (χ3v) is 1.65. The lowest BCUT2D eigenvalue weighted by atomic mass is 10.2. The summed E-state index contributed by atoms with van der Waals surface area (Å²) in [5.74, 6) is -0.183. The first kappa shape index (κ1) is 12.3. The van der Waals surface area contributed by atoms with Gasteiger partial charge in [0.05, 0.1) is 0 Å². The predicted molar refractivity (Wildman–Crippen MR) is 55.8 cm³/mol. The van der Waals surface area contributed by atoms with Crippen LogP contribution < -0.4 is 0 Å². The number of aromatic hydroxyl groups is 2. The molecule has 0 saturated carbocycles. The Labute approximate surface area is 90.5 Å².